The Morgan fingerprint density at radius 1 is 1.14 bits per heavy atom. The molecule has 0 aliphatic carbocycles. The predicted molar refractivity (Wildman–Crippen MR) is 172 cm³/mol. The zero-order chi connectivity index (χ0) is 32.4. The van der Waals surface area contributed by atoms with Crippen LogP contribution in [0.25, 0.3) is 0 Å². The summed E-state index contributed by atoms with van der Waals surface area (Å²) in [5, 5.41) is 10.7. The minimum Gasteiger partial charge on any atom is -0.394 e. The Morgan fingerprint density at radius 3 is 2.36 bits per heavy atom. The van der Waals surface area contributed by atoms with E-state index in [0.717, 1.165) is 24.8 Å². The van der Waals surface area contributed by atoms with Gasteiger partial charge in [-0.25, -0.2) is 0 Å². The fraction of sp³-hybridized carbons (Fsp3) is 0.639. The van der Waals surface area contributed by atoms with E-state index in [4.69, 9.17) is 4.74 Å². The summed E-state index contributed by atoms with van der Waals surface area (Å²) in [4.78, 5) is 49.5. The lowest BCUT2D eigenvalue weighted by Gasteiger charge is -2.42. The summed E-state index contributed by atoms with van der Waals surface area (Å²) < 4.78 is 7.02. The lowest BCUT2D eigenvalue weighted by molar-refractivity contribution is -0.159. The molecule has 1 aromatic rings. The molecule has 242 valence electrons. The van der Waals surface area contributed by atoms with Crippen LogP contribution in [0.3, 0.4) is 0 Å². The third kappa shape index (κ3) is 5.53. The van der Waals surface area contributed by atoms with Gasteiger partial charge in [0.05, 0.1) is 30.1 Å². The molecule has 0 radical (unpaired) electrons. The van der Waals surface area contributed by atoms with Gasteiger partial charge in [0.2, 0.25) is 17.7 Å². The molecule has 0 aromatic heterocycles. The summed E-state index contributed by atoms with van der Waals surface area (Å²) in [6, 6.07) is 8.18. The van der Waals surface area contributed by atoms with Crippen molar-refractivity contribution >= 4 is 17.7 Å². The van der Waals surface area contributed by atoms with Crippen LogP contribution >= 0.6 is 0 Å². The van der Waals surface area contributed by atoms with Gasteiger partial charge in [-0.1, -0.05) is 83.0 Å². The molecule has 3 amide bonds. The molecule has 9 atom stereocenters. The fourth-order valence-corrected chi connectivity index (χ4v) is 8.25. The van der Waals surface area contributed by atoms with Gasteiger partial charge in [-0.15, -0.1) is 13.2 Å². The topological polar surface area (TPSA) is 90.4 Å². The molecule has 3 aliphatic heterocycles. The molecule has 1 N–H and O–H groups in total. The number of carbonyl (C=O) groups is 3. The minimum atomic E-state index is -1.18. The number of benzene rings is 1. The largest absolute Gasteiger partial charge is 0.394 e. The summed E-state index contributed by atoms with van der Waals surface area (Å²) in [5.41, 5.74) is -1.13. The Hall–Kier alpha value is -2.97. The van der Waals surface area contributed by atoms with Crippen LogP contribution in [-0.4, -0.2) is 86.6 Å². The lowest BCUT2D eigenvalue weighted by Crippen LogP contribution is -2.61. The van der Waals surface area contributed by atoms with Crippen molar-refractivity contribution in [2.24, 2.45) is 23.7 Å². The molecule has 0 saturated carbocycles. The van der Waals surface area contributed by atoms with Crippen molar-refractivity contribution in [1.29, 1.82) is 0 Å². The molecule has 1 spiro atoms. The van der Waals surface area contributed by atoms with Crippen molar-refractivity contribution in [1.82, 2.24) is 14.7 Å². The number of ether oxygens (including phenoxy) is 1. The summed E-state index contributed by atoms with van der Waals surface area (Å²) in [5.74, 6) is -2.38. The molecule has 2 bridgehead atoms. The van der Waals surface area contributed by atoms with Crippen molar-refractivity contribution < 1.29 is 24.2 Å². The third-order valence-corrected chi connectivity index (χ3v) is 10.8. The monoisotopic (exact) mass is 607 g/mol. The molecule has 8 nitrogen and oxygen atoms in total. The predicted octanol–water partition coefficient (Wildman–Crippen LogP) is 4.82. The first-order chi connectivity index (χ1) is 21.0. The average Bonchev–Trinajstić information content (AvgIpc) is 3.52. The number of likely N-dealkylation sites (tertiary alicyclic amines) is 1. The molecule has 3 heterocycles. The number of hydrogen-bond acceptors (Lipinski definition) is 5. The van der Waals surface area contributed by atoms with Crippen LogP contribution in [0, 0.1) is 23.7 Å². The van der Waals surface area contributed by atoms with E-state index < -0.39 is 35.1 Å². The third-order valence-electron chi connectivity index (χ3n) is 10.8. The van der Waals surface area contributed by atoms with Crippen LogP contribution in [-0.2, 0) is 25.7 Å². The Bertz CT molecular complexity index is 1220. The molecule has 1 aromatic carbocycles. The maximum Gasteiger partial charge on any atom is 0.248 e. The van der Waals surface area contributed by atoms with Gasteiger partial charge in [-0.2, -0.15) is 0 Å². The Morgan fingerprint density at radius 2 is 1.80 bits per heavy atom. The first-order valence-corrected chi connectivity index (χ1v) is 16.4. The number of rotatable bonds is 15. The number of aliphatic hydroxyl groups is 1. The van der Waals surface area contributed by atoms with Crippen LogP contribution in [0.1, 0.15) is 72.8 Å². The summed E-state index contributed by atoms with van der Waals surface area (Å²) in [6.07, 6.45) is 6.34. The highest BCUT2D eigenvalue weighted by Crippen LogP contribution is 2.66. The van der Waals surface area contributed by atoms with Crippen LogP contribution in [0.2, 0.25) is 0 Å². The first kappa shape index (κ1) is 33.9. The van der Waals surface area contributed by atoms with Crippen molar-refractivity contribution in [3.05, 3.63) is 61.2 Å². The van der Waals surface area contributed by atoms with E-state index in [0.29, 0.717) is 26.1 Å². The summed E-state index contributed by atoms with van der Waals surface area (Å²) in [6.45, 7) is 20.7. The van der Waals surface area contributed by atoms with Crippen molar-refractivity contribution in [3.63, 3.8) is 0 Å². The van der Waals surface area contributed by atoms with Gasteiger partial charge in [0, 0.05) is 25.7 Å². The SMILES string of the molecule is C=CCN(Cc1ccccc1)C(=O)[C@@H]1[C@H]2C(=O)N([C@@H](CO)[C@@H](C)CC)C(C(=O)N(CC=C)C(C)CCC)C23CC(C)[C@@]1(C)O3. The standard InChI is InChI=1S/C36H53N3O5/c1-9-16-26(7)38(20-11-3)34(43)31-36-21-25(6)35(8,44-36)29(30(36)33(42)39(31)28(23-40)24(5)12-4)32(41)37(19-10-2)22-27-17-14-13-15-18-27/h10-11,13-15,17-18,24-26,28-31,40H,2-3,9,12,16,19-23H2,1,4-8H3/t24-,25?,26?,28-,29-,30-,31?,35+,36?/m0/s1. The summed E-state index contributed by atoms with van der Waals surface area (Å²) in [7, 11) is 0. The number of nitrogens with zero attached hydrogens (tertiary/aromatic N) is 3. The van der Waals surface area contributed by atoms with E-state index in [2.05, 4.69) is 27.0 Å². The zero-order valence-corrected chi connectivity index (χ0v) is 27.6. The van der Waals surface area contributed by atoms with Crippen molar-refractivity contribution in [3.8, 4) is 0 Å². The molecule has 4 unspecified atom stereocenters. The highest BCUT2D eigenvalue weighted by atomic mass is 16.5. The quantitative estimate of drug-likeness (QED) is 0.289. The molecule has 3 fully saturated rings. The van der Waals surface area contributed by atoms with E-state index in [-0.39, 0.29) is 42.2 Å². The summed E-state index contributed by atoms with van der Waals surface area (Å²) >= 11 is 0. The molecule has 3 aliphatic rings. The Kier molecular flexibility index (Phi) is 10.5. The van der Waals surface area contributed by atoms with Crippen LogP contribution < -0.4 is 0 Å². The number of fused-ring (bicyclic) bond motifs is 1. The number of amides is 3. The molecular weight excluding hydrogens is 554 g/mol. The van der Waals surface area contributed by atoms with Gasteiger partial charge in [-0.05, 0) is 44.1 Å². The molecule has 44 heavy (non-hydrogen) atoms. The van der Waals surface area contributed by atoms with E-state index in [1.54, 1.807) is 22.0 Å². The molecule has 8 heteroatoms. The van der Waals surface area contributed by atoms with Crippen molar-refractivity contribution in [2.75, 3.05) is 19.7 Å². The van der Waals surface area contributed by atoms with E-state index in [9.17, 15) is 19.5 Å². The Labute approximate surface area is 264 Å². The second kappa shape index (κ2) is 13.6. The van der Waals surface area contributed by atoms with Gasteiger partial charge < -0.3 is 24.5 Å². The number of aliphatic hydroxyl groups excluding tert-OH is 1. The van der Waals surface area contributed by atoms with E-state index in [1.165, 1.54) is 0 Å². The fourth-order valence-electron chi connectivity index (χ4n) is 8.25. The van der Waals surface area contributed by atoms with E-state index >= 15 is 0 Å². The van der Waals surface area contributed by atoms with Gasteiger partial charge in [0.1, 0.15) is 11.6 Å². The number of carbonyl (C=O) groups excluding carboxylic acids is 3. The average molecular weight is 608 g/mol. The van der Waals surface area contributed by atoms with Crippen LogP contribution in [0.15, 0.2) is 55.6 Å². The van der Waals surface area contributed by atoms with Crippen molar-refractivity contribution in [2.45, 2.75) is 103 Å². The van der Waals surface area contributed by atoms with Crippen LogP contribution in [0.5, 0.6) is 0 Å². The lowest BCUT2D eigenvalue weighted by atomic mass is 9.62. The zero-order valence-electron chi connectivity index (χ0n) is 27.6. The number of hydrogen-bond donors (Lipinski definition) is 1. The highest BCUT2D eigenvalue weighted by Gasteiger charge is 2.80. The maximum atomic E-state index is 14.8. The van der Waals surface area contributed by atoms with Gasteiger partial charge in [-0.3, -0.25) is 14.4 Å². The highest BCUT2D eigenvalue weighted by molar-refractivity contribution is 5.99. The van der Waals surface area contributed by atoms with E-state index in [1.807, 2.05) is 62.9 Å². The smallest absolute Gasteiger partial charge is 0.248 e. The molecule has 4 rings (SSSR count). The maximum absolute atomic E-state index is 14.8. The first-order valence-electron chi connectivity index (χ1n) is 16.4. The minimum absolute atomic E-state index is 0.0647. The van der Waals surface area contributed by atoms with Crippen LogP contribution in [0.4, 0.5) is 0 Å². The van der Waals surface area contributed by atoms with Gasteiger partial charge >= 0.3 is 0 Å². The molecular formula is C36H53N3O5. The van der Waals surface area contributed by atoms with Gasteiger partial charge in [0.15, 0.2) is 0 Å². The Balaban J connectivity index is 1.86. The normalized spacial score (nSPS) is 30.9. The molecule has 3 saturated heterocycles. The second-order valence-corrected chi connectivity index (χ2v) is 13.5. The van der Waals surface area contributed by atoms with Gasteiger partial charge in [0.25, 0.3) is 0 Å². The second-order valence-electron chi connectivity index (χ2n) is 13.5.